The molecule has 0 radical (unpaired) electrons. The van der Waals surface area contributed by atoms with Crippen molar-refractivity contribution in [1.29, 1.82) is 0 Å². The van der Waals surface area contributed by atoms with Gasteiger partial charge in [-0.05, 0) is 83.1 Å². The quantitative estimate of drug-likeness (QED) is 0.0896. The molecule has 0 fully saturated rings. The van der Waals surface area contributed by atoms with Gasteiger partial charge < -0.3 is 14.2 Å². The molecule has 5 rings (SSSR count). The van der Waals surface area contributed by atoms with Crippen LogP contribution in [0.2, 0.25) is 5.02 Å². The van der Waals surface area contributed by atoms with Gasteiger partial charge in [-0.3, -0.25) is 4.79 Å². The Balaban J connectivity index is 1.27. The van der Waals surface area contributed by atoms with Crippen molar-refractivity contribution in [3.8, 4) is 17.2 Å². The van der Waals surface area contributed by atoms with Crippen LogP contribution in [0.15, 0.2) is 114 Å². The number of halogens is 1. The normalized spacial score (nSPS) is 10.9. The minimum absolute atomic E-state index is 0.310. The van der Waals surface area contributed by atoms with Crippen LogP contribution in [-0.4, -0.2) is 25.2 Å². The number of rotatable bonds is 9. The fourth-order valence-electron chi connectivity index (χ4n) is 4.05. The number of hydrazone groups is 1. The number of esters is 1. The molecule has 7 nitrogen and oxygen atoms in total. The topological polar surface area (TPSA) is 86.2 Å². The van der Waals surface area contributed by atoms with Crippen molar-refractivity contribution in [2.45, 2.75) is 6.61 Å². The van der Waals surface area contributed by atoms with Crippen molar-refractivity contribution >= 4 is 40.5 Å². The van der Waals surface area contributed by atoms with Crippen LogP contribution in [0.1, 0.15) is 31.8 Å². The van der Waals surface area contributed by atoms with E-state index in [1.807, 2.05) is 42.5 Å². The van der Waals surface area contributed by atoms with Crippen LogP contribution in [0, 0.1) is 0 Å². The highest BCUT2D eigenvalue weighted by Gasteiger charge is 2.14. The van der Waals surface area contributed by atoms with Crippen LogP contribution >= 0.6 is 11.6 Å². The van der Waals surface area contributed by atoms with Crippen molar-refractivity contribution in [3.05, 3.63) is 136 Å². The van der Waals surface area contributed by atoms with E-state index in [1.54, 1.807) is 73.8 Å². The van der Waals surface area contributed by atoms with Crippen LogP contribution in [0.4, 0.5) is 0 Å². The lowest BCUT2D eigenvalue weighted by atomic mass is 10.0. The van der Waals surface area contributed by atoms with E-state index in [-0.39, 0.29) is 0 Å². The summed E-state index contributed by atoms with van der Waals surface area (Å²) >= 11 is 5.92. The third-order valence-electron chi connectivity index (χ3n) is 6.25. The van der Waals surface area contributed by atoms with E-state index < -0.39 is 11.9 Å². The summed E-state index contributed by atoms with van der Waals surface area (Å²) in [7, 11) is 1.56. The second-order valence-corrected chi connectivity index (χ2v) is 9.39. The summed E-state index contributed by atoms with van der Waals surface area (Å²) < 4.78 is 16.7. The summed E-state index contributed by atoms with van der Waals surface area (Å²) in [6.07, 6.45) is 1.47. The first-order valence-electron chi connectivity index (χ1n) is 12.7. The maximum absolute atomic E-state index is 12.8. The number of carbonyl (C=O) groups is 2. The Labute approximate surface area is 241 Å². The SMILES string of the molecule is COc1ccc(C(=O)Oc2ccc3ccccc3c2C=NNC(=O)c2ccc(OCc3ccc(Cl)cc3)cc2)cc1. The lowest BCUT2D eigenvalue weighted by molar-refractivity contribution is 0.0734. The van der Waals surface area contributed by atoms with E-state index in [2.05, 4.69) is 10.5 Å². The molecule has 0 atom stereocenters. The molecule has 204 valence electrons. The molecule has 0 unspecified atom stereocenters. The van der Waals surface area contributed by atoms with Crippen molar-refractivity contribution in [1.82, 2.24) is 5.43 Å². The first-order chi connectivity index (χ1) is 20.0. The zero-order chi connectivity index (χ0) is 28.6. The Bertz CT molecular complexity index is 1700. The lowest BCUT2D eigenvalue weighted by Crippen LogP contribution is -2.17. The molecule has 1 amide bonds. The monoisotopic (exact) mass is 564 g/mol. The summed E-state index contributed by atoms with van der Waals surface area (Å²) in [4.78, 5) is 25.6. The van der Waals surface area contributed by atoms with E-state index in [0.717, 1.165) is 16.3 Å². The first kappa shape index (κ1) is 27.4. The number of ether oxygens (including phenoxy) is 3. The van der Waals surface area contributed by atoms with Gasteiger partial charge in [-0.25, -0.2) is 10.2 Å². The zero-order valence-electron chi connectivity index (χ0n) is 22.0. The van der Waals surface area contributed by atoms with Gasteiger partial charge in [-0.2, -0.15) is 5.10 Å². The third-order valence-corrected chi connectivity index (χ3v) is 6.51. The van der Waals surface area contributed by atoms with Gasteiger partial charge in [0.05, 0.1) is 18.9 Å². The lowest BCUT2D eigenvalue weighted by Gasteiger charge is -2.11. The van der Waals surface area contributed by atoms with Crippen LogP contribution in [-0.2, 0) is 6.61 Å². The summed E-state index contributed by atoms with van der Waals surface area (Å²) in [5, 5.41) is 6.57. The van der Waals surface area contributed by atoms with E-state index in [9.17, 15) is 9.59 Å². The molecule has 0 spiro atoms. The van der Waals surface area contributed by atoms with Gasteiger partial charge in [-0.15, -0.1) is 0 Å². The van der Waals surface area contributed by atoms with Gasteiger partial charge in [0.1, 0.15) is 23.9 Å². The second-order valence-electron chi connectivity index (χ2n) is 8.96. The molecule has 0 aliphatic heterocycles. The fourth-order valence-corrected chi connectivity index (χ4v) is 4.18. The molecule has 8 heteroatoms. The van der Waals surface area contributed by atoms with Crippen molar-refractivity contribution in [3.63, 3.8) is 0 Å². The molecular formula is C33H25ClN2O5. The van der Waals surface area contributed by atoms with E-state index in [1.165, 1.54) is 6.21 Å². The highest BCUT2D eigenvalue weighted by Crippen LogP contribution is 2.28. The summed E-state index contributed by atoms with van der Waals surface area (Å²) in [6.45, 7) is 0.378. The number of benzene rings is 5. The molecule has 0 aromatic heterocycles. The van der Waals surface area contributed by atoms with Gasteiger partial charge in [0.2, 0.25) is 0 Å². The summed E-state index contributed by atoms with van der Waals surface area (Å²) in [6, 6.07) is 32.0. The molecule has 5 aromatic carbocycles. The standard InChI is InChI=1S/C33H25ClN2O5/c1-39-27-15-10-25(11-16-27)33(38)41-31-19-12-23-4-2-3-5-29(23)30(31)20-35-36-32(37)24-8-17-28(18-9-24)40-21-22-6-13-26(34)14-7-22/h2-20H,21H2,1H3,(H,36,37). The van der Waals surface area contributed by atoms with E-state index in [0.29, 0.717) is 45.6 Å². The van der Waals surface area contributed by atoms with Gasteiger partial charge in [0.25, 0.3) is 5.91 Å². The van der Waals surface area contributed by atoms with Gasteiger partial charge in [-0.1, -0.05) is 54.1 Å². The van der Waals surface area contributed by atoms with E-state index >= 15 is 0 Å². The number of hydrogen-bond donors (Lipinski definition) is 1. The average Bonchev–Trinajstić information content (AvgIpc) is 3.01. The Kier molecular flexibility index (Phi) is 8.57. The average molecular weight is 565 g/mol. The summed E-state index contributed by atoms with van der Waals surface area (Å²) in [5.74, 6) is 0.641. The Hall–Kier alpha value is -5.14. The molecular weight excluding hydrogens is 540 g/mol. The number of carbonyl (C=O) groups excluding carboxylic acids is 2. The second kappa shape index (κ2) is 12.8. The van der Waals surface area contributed by atoms with Crippen molar-refractivity contribution in [2.24, 2.45) is 5.10 Å². The minimum Gasteiger partial charge on any atom is -0.497 e. The molecule has 5 aromatic rings. The van der Waals surface area contributed by atoms with Gasteiger partial charge in [0.15, 0.2) is 0 Å². The molecule has 0 saturated carbocycles. The molecule has 0 bridgehead atoms. The number of methoxy groups -OCH3 is 1. The molecule has 1 N–H and O–H groups in total. The molecule has 0 aliphatic carbocycles. The first-order valence-corrected chi connectivity index (χ1v) is 13.1. The molecule has 0 saturated heterocycles. The van der Waals surface area contributed by atoms with Crippen LogP contribution in [0.25, 0.3) is 10.8 Å². The predicted molar refractivity (Wildman–Crippen MR) is 159 cm³/mol. The Morgan fingerprint density at radius 3 is 2.22 bits per heavy atom. The number of fused-ring (bicyclic) bond motifs is 1. The number of hydrogen-bond acceptors (Lipinski definition) is 6. The number of nitrogens with one attached hydrogen (secondary N) is 1. The number of nitrogens with zero attached hydrogens (tertiary/aromatic N) is 1. The Morgan fingerprint density at radius 1 is 0.805 bits per heavy atom. The maximum Gasteiger partial charge on any atom is 0.343 e. The fraction of sp³-hybridized carbons (Fsp3) is 0.0606. The molecule has 0 aliphatic rings. The Morgan fingerprint density at radius 2 is 1.49 bits per heavy atom. The van der Waals surface area contributed by atoms with Gasteiger partial charge in [0, 0.05) is 16.1 Å². The van der Waals surface area contributed by atoms with Crippen LogP contribution < -0.4 is 19.6 Å². The van der Waals surface area contributed by atoms with Crippen molar-refractivity contribution in [2.75, 3.05) is 7.11 Å². The van der Waals surface area contributed by atoms with Crippen molar-refractivity contribution < 1.29 is 23.8 Å². The van der Waals surface area contributed by atoms with Crippen LogP contribution in [0.5, 0.6) is 17.2 Å². The highest BCUT2D eigenvalue weighted by molar-refractivity contribution is 6.30. The molecule has 0 heterocycles. The third kappa shape index (κ3) is 6.90. The van der Waals surface area contributed by atoms with Crippen LogP contribution in [0.3, 0.4) is 0 Å². The van der Waals surface area contributed by atoms with E-state index in [4.69, 9.17) is 25.8 Å². The largest absolute Gasteiger partial charge is 0.497 e. The highest BCUT2D eigenvalue weighted by atomic mass is 35.5. The maximum atomic E-state index is 12.8. The predicted octanol–water partition coefficient (Wildman–Crippen LogP) is 7.06. The zero-order valence-corrected chi connectivity index (χ0v) is 22.8. The van der Waals surface area contributed by atoms with Gasteiger partial charge >= 0.3 is 5.97 Å². The molecule has 41 heavy (non-hydrogen) atoms. The minimum atomic E-state index is -0.528. The number of amides is 1. The smallest absolute Gasteiger partial charge is 0.343 e. The summed E-state index contributed by atoms with van der Waals surface area (Å²) in [5.41, 5.74) is 4.85.